The standard InChI is InChI=1S/C18H24FN3O2/c19-16-8-6-14(7-9-16)12-17(23)20-10-11-21-18(24)22-13-15-4-2-1-3-5-15/h1-2,6-9,15H,3-5,10-13H2,(H,20,23)(H2,21,22,24). The molecule has 1 unspecified atom stereocenters. The van der Waals surface area contributed by atoms with E-state index in [1.165, 1.54) is 12.1 Å². The molecule has 0 radical (unpaired) electrons. The average molecular weight is 333 g/mol. The van der Waals surface area contributed by atoms with Gasteiger partial charge in [-0.1, -0.05) is 24.3 Å². The molecule has 2 rings (SSSR count). The Labute approximate surface area is 141 Å². The van der Waals surface area contributed by atoms with E-state index >= 15 is 0 Å². The molecular weight excluding hydrogens is 309 g/mol. The molecule has 1 atom stereocenters. The van der Waals surface area contributed by atoms with Crippen LogP contribution in [0.25, 0.3) is 0 Å². The Morgan fingerprint density at radius 1 is 1.04 bits per heavy atom. The molecule has 130 valence electrons. The largest absolute Gasteiger partial charge is 0.354 e. The van der Waals surface area contributed by atoms with Crippen LogP contribution in [-0.2, 0) is 11.2 Å². The lowest BCUT2D eigenvalue weighted by molar-refractivity contribution is -0.120. The molecule has 1 aromatic rings. The predicted octanol–water partition coefficient (Wildman–Crippen LogP) is 2.14. The van der Waals surface area contributed by atoms with Gasteiger partial charge >= 0.3 is 6.03 Å². The molecule has 1 aliphatic carbocycles. The first-order valence-electron chi connectivity index (χ1n) is 8.31. The molecule has 0 heterocycles. The number of hydrogen-bond donors (Lipinski definition) is 3. The number of hydrogen-bond acceptors (Lipinski definition) is 2. The number of carbonyl (C=O) groups excluding carboxylic acids is 2. The monoisotopic (exact) mass is 333 g/mol. The molecule has 0 fully saturated rings. The third-order valence-corrected chi connectivity index (χ3v) is 3.94. The van der Waals surface area contributed by atoms with Crippen molar-refractivity contribution in [3.8, 4) is 0 Å². The van der Waals surface area contributed by atoms with Gasteiger partial charge in [-0.2, -0.15) is 0 Å². The number of halogens is 1. The van der Waals surface area contributed by atoms with Gasteiger partial charge in [-0.25, -0.2) is 9.18 Å². The minimum Gasteiger partial charge on any atom is -0.354 e. The first-order valence-corrected chi connectivity index (χ1v) is 8.31. The number of carbonyl (C=O) groups is 2. The van der Waals surface area contributed by atoms with Crippen LogP contribution < -0.4 is 16.0 Å². The van der Waals surface area contributed by atoms with Crippen LogP contribution in [0, 0.1) is 11.7 Å². The van der Waals surface area contributed by atoms with Crippen molar-refractivity contribution in [2.24, 2.45) is 5.92 Å². The van der Waals surface area contributed by atoms with Crippen molar-refractivity contribution < 1.29 is 14.0 Å². The van der Waals surface area contributed by atoms with Crippen molar-refractivity contribution in [3.63, 3.8) is 0 Å². The zero-order valence-electron chi connectivity index (χ0n) is 13.7. The van der Waals surface area contributed by atoms with Crippen LogP contribution in [0.3, 0.4) is 0 Å². The molecule has 0 saturated carbocycles. The quantitative estimate of drug-likeness (QED) is 0.528. The zero-order valence-corrected chi connectivity index (χ0v) is 13.7. The summed E-state index contributed by atoms with van der Waals surface area (Å²) in [6.07, 6.45) is 7.72. The highest BCUT2D eigenvalue weighted by atomic mass is 19.1. The molecule has 0 saturated heterocycles. The summed E-state index contributed by atoms with van der Waals surface area (Å²) in [5, 5.41) is 8.29. The normalized spacial score (nSPS) is 16.5. The Hall–Kier alpha value is -2.37. The highest BCUT2D eigenvalue weighted by Crippen LogP contribution is 2.16. The van der Waals surface area contributed by atoms with Crippen molar-refractivity contribution in [1.29, 1.82) is 0 Å². The molecular formula is C18H24FN3O2. The number of nitrogens with one attached hydrogen (secondary N) is 3. The fourth-order valence-electron chi connectivity index (χ4n) is 2.57. The van der Waals surface area contributed by atoms with E-state index in [1.807, 2.05) is 0 Å². The van der Waals surface area contributed by atoms with E-state index in [9.17, 15) is 14.0 Å². The Morgan fingerprint density at radius 2 is 1.79 bits per heavy atom. The van der Waals surface area contributed by atoms with Gasteiger partial charge in [0.2, 0.25) is 5.91 Å². The summed E-state index contributed by atoms with van der Waals surface area (Å²) >= 11 is 0. The molecule has 3 N–H and O–H groups in total. The third kappa shape index (κ3) is 6.81. The van der Waals surface area contributed by atoms with Gasteiger partial charge in [0.25, 0.3) is 0 Å². The van der Waals surface area contributed by atoms with Gasteiger partial charge in [0, 0.05) is 19.6 Å². The Bertz CT molecular complexity index is 572. The van der Waals surface area contributed by atoms with Crippen LogP contribution in [0.15, 0.2) is 36.4 Å². The van der Waals surface area contributed by atoms with Gasteiger partial charge in [-0.3, -0.25) is 4.79 Å². The summed E-state index contributed by atoms with van der Waals surface area (Å²) in [6.45, 7) is 1.40. The molecule has 0 bridgehead atoms. The molecule has 0 spiro atoms. The predicted molar refractivity (Wildman–Crippen MR) is 91.0 cm³/mol. The fourth-order valence-corrected chi connectivity index (χ4v) is 2.57. The van der Waals surface area contributed by atoms with Crippen molar-refractivity contribution in [2.75, 3.05) is 19.6 Å². The van der Waals surface area contributed by atoms with Crippen LogP contribution in [0.5, 0.6) is 0 Å². The van der Waals surface area contributed by atoms with E-state index in [1.54, 1.807) is 12.1 Å². The molecule has 0 aliphatic heterocycles. The molecule has 5 nitrogen and oxygen atoms in total. The SMILES string of the molecule is O=C(Cc1ccc(F)cc1)NCCNC(=O)NCC1CC=CCC1. The minimum absolute atomic E-state index is 0.155. The van der Waals surface area contributed by atoms with Gasteiger partial charge in [0.1, 0.15) is 5.82 Å². The summed E-state index contributed by atoms with van der Waals surface area (Å²) in [5.41, 5.74) is 0.751. The number of benzene rings is 1. The maximum absolute atomic E-state index is 12.8. The molecule has 3 amide bonds. The lowest BCUT2D eigenvalue weighted by atomic mass is 9.94. The summed E-state index contributed by atoms with van der Waals surface area (Å²) in [5.74, 6) is 0.0348. The molecule has 24 heavy (non-hydrogen) atoms. The number of urea groups is 1. The van der Waals surface area contributed by atoms with Gasteiger partial charge in [-0.05, 0) is 42.9 Å². The Morgan fingerprint density at radius 3 is 2.50 bits per heavy atom. The second kappa shape index (κ2) is 9.70. The second-order valence-electron chi connectivity index (χ2n) is 5.94. The van der Waals surface area contributed by atoms with Crippen molar-refractivity contribution in [2.45, 2.75) is 25.7 Å². The van der Waals surface area contributed by atoms with E-state index in [-0.39, 0.29) is 24.2 Å². The minimum atomic E-state index is -0.321. The second-order valence-corrected chi connectivity index (χ2v) is 5.94. The van der Waals surface area contributed by atoms with Crippen molar-refractivity contribution in [3.05, 3.63) is 47.8 Å². The van der Waals surface area contributed by atoms with Gasteiger partial charge < -0.3 is 16.0 Å². The molecule has 6 heteroatoms. The van der Waals surface area contributed by atoms with Crippen LogP contribution in [-0.4, -0.2) is 31.6 Å². The highest BCUT2D eigenvalue weighted by molar-refractivity contribution is 5.78. The zero-order chi connectivity index (χ0) is 17.2. The molecule has 1 aliphatic rings. The first-order chi connectivity index (χ1) is 11.6. The Kier molecular flexibility index (Phi) is 7.26. The van der Waals surface area contributed by atoms with E-state index in [2.05, 4.69) is 28.1 Å². The van der Waals surface area contributed by atoms with E-state index in [0.717, 1.165) is 24.8 Å². The average Bonchev–Trinajstić information content (AvgIpc) is 2.60. The summed E-state index contributed by atoms with van der Waals surface area (Å²) < 4.78 is 12.8. The number of allylic oxidation sites excluding steroid dienone is 2. The summed E-state index contributed by atoms with van der Waals surface area (Å²) in [4.78, 5) is 23.4. The van der Waals surface area contributed by atoms with Crippen LogP contribution >= 0.6 is 0 Å². The van der Waals surface area contributed by atoms with Gasteiger partial charge in [0.05, 0.1) is 6.42 Å². The highest BCUT2D eigenvalue weighted by Gasteiger charge is 2.11. The van der Waals surface area contributed by atoms with Crippen LogP contribution in [0.4, 0.5) is 9.18 Å². The molecule has 0 aromatic heterocycles. The Balaban J connectivity index is 1.53. The van der Waals surface area contributed by atoms with Crippen molar-refractivity contribution in [1.82, 2.24) is 16.0 Å². The first kappa shape index (κ1) is 18.0. The topological polar surface area (TPSA) is 70.2 Å². The lowest BCUT2D eigenvalue weighted by Crippen LogP contribution is -2.42. The van der Waals surface area contributed by atoms with Gasteiger partial charge in [-0.15, -0.1) is 0 Å². The van der Waals surface area contributed by atoms with E-state index in [4.69, 9.17) is 0 Å². The fraction of sp³-hybridized carbons (Fsp3) is 0.444. The van der Waals surface area contributed by atoms with Crippen LogP contribution in [0.1, 0.15) is 24.8 Å². The maximum Gasteiger partial charge on any atom is 0.314 e. The summed E-state index contributed by atoms with van der Waals surface area (Å²) in [6, 6.07) is 5.62. The molecule has 1 aromatic carbocycles. The number of amides is 3. The lowest BCUT2D eigenvalue weighted by Gasteiger charge is -2.18. The summed E-state index contributed by atoms with van der Waals surface area (Å²) in [7, 11) is 0. The number of rotatable bonds is 7. The van der Waals surface area contributed by atoms with Gasteiger partial charge in [0.15, 0.2) is 0 Å². The van der Waals surface area contributed by atoms with E-state index < -0.39 is 0 Å². The third-order valence-electron chi connectivity index (χ3n) is 3.94. The smallest absolute Gasteiger partial charge is 0.314 e. The van der Waals surface area contributed by atoms with Crippen LogP contribution in [0.2, 0.25) is 0 Å². The maximum atomic E-state index is 12.8. The van der Waals surface area contributed by atoms with Crippen molar-refractivity contribution >= 4 is 11.9 Å². The van der Waals surface area contributed by atoms with E-state index in [0.29, 0.717) is 25.6 Å².